The fourth-order valence-corrected chi connectivity index (χ4v) is 4.45. The first kappa shape index (κ1) is 22.1. The van der Waals surface area contributed by atoms with E-state index in [4.69, 9.17) is 0 Å². The maximum atomic E-state index is 13.3. The van der Waals surface area contributed by atoms with Crippen LogP contribution in [0.4, 0.5) is 13.2 Å². The largest absolute Gasteiger partial charge is 0.417 e. The second-order valence-electron chi connectivity index (χ2n) is 8.49. The summed E-state index contributed by atoms with van der Waals surface area (Å²) in [4.78, 5) is 19.7. The number of carbonyl (C=O) groups excluding carboxylic acids is 1. The molecule has 1 atom stereocenters. The summed E-state index contributed by atoms with van der Waals surface area (Å²) in [6.07, 6.45) is -1.99. The van der Waals surface area contributed by atoms with Gasteiger partial charge in [0.05, 0.1) is 22.5 Å². The topological polar surface area (TPSA) is 63.4 Å². The third-order valence-electron chi connectivity index (χ3n) is 6.22. The van der Waals surface area contributed by atoms with Gasteiger partial charge < -0.3 is 4.90 Å². The molecule has 5 rings (SSSR count). The van der Waals surface area contributed by atoms with E-state index in [1.807, 2.05) is 43.3 Å². The lowest BCUT2D eigenvalue weighted by atomic mass is 9.96. The zero-order chi connectivity index (χ0) is 23.9. The van der Waals surface area contributed by atoms with E-state index >= 15 is 0 Å². The van der Waals surface area contributed by atoms with Crippen LogP contribution >= 0.6 is 0 Å². The minimum absolute atomic E-state index is 0.140. The van der Waals surface area contributed by atoms with E-state index in [-0.39, 0.29) is 11.8 Å². The number of aromatic nitrogens is 4. The van der Waals surface area contributed by atoms with E-state index in [1.54, 1.807) is 11.0 Å². The third-order valence-corrected chi connectivity index (χ3v) is 6.22. The van der Waals surface area contributed by atoms with Crippen molar-refractivity contribution >= 4 is 11.6 Å². The van der Waals surface area contributed by atoms with Gasteiger partial charge in [-0.15, -0.1) is 10.2 Å². The van der Waals surface area contributed by atoms with E-state index < -0.39 is 11.7 Å². The number of pyridine rings is 2. The molecule has 1 saturated heterocycles. The number of piperidine rings is 1. The van der Waals surface area contributed by atoms with E-state index in [0.29, 0.717) is 42.2 Å². The number of amides is 1. The summed E-state index contributed by atoms with van der Waals surface area (Å²) in [7, 11) is 0. The minimum atomic E-state index is -4.46. The summed E-state index contributed by atoms with van der Waals surface area (Å²) in [5, 5.41) is 8.20. The van der Waals surface area contributed by atoms with E-state index in [9.17, 15) is 18.0 Å². The molecular formula is C25H22F3N5O. The van der Waals surface area contributed by atoms with E-state index in [1.165, 1.54) is 10.5 Å². The first-order valence-corrected chi connectivity index (χ1v) is 11.1. The van der Waals surface area contributed by atoms with Gasteiger partial charge in [0.15, 0.2) is 5.65 Å². The highest BCUT2D eigenvalue weighted by atomic mass is 19.4. The summed E-state index contributed by atoms with van der Waals surface area (Å²) in [5.74, 6) is 0.0834. The highest BCUT2D eigenvalue weighted by molar-refractivity contribution is 5.95. The monoisotopic (exact) mass is 465 g/mol. The predicted molar refractivity (Wildman–Crippen MR) is 120 cm³/mol. The van der Waals surface area contributed by atoms with Crippen LogP contribution in [0, 0.1) is 6.92 Å². The van der Waals surface area contributed by atoms with Gasteiger partial charge in [-0.25, -0.2) is 0 Å². The van der Waals surface area contributed by atoms with Crippen molar-refractivity contribution in [2.75, 3.05) is 13.1 Å². The second-order valence-corrected chi connectivity index (χ2v) is 8.49. The molecular weight excluding hydrogens is 443 g/mol. The molecule has 4 aromatic rings. The van der Waals surface area contributed by atoms with Gasteiger partial charge in [-0.1, -0.05) is 30.3 Å². The van der Waals surface area contributed by atoms with Crippen molar-refractivity contribution < 1.29 is 18.0 Å². The van der Waals surface area contributed by atoms with Gasteiger partial charge in [-0.2, -0.15) is 13.2 Å². The molecule has 1 amide bonds. The van der Waals surface area contributed by atoms with Crippen LogP contribution in [0.15, 0.2) is 60.8 Å². The van der Waals surface area contributed by atoms with Crippen LogP contribution in [0.2, 0.25) is 0 Å². The lowest BCUT2D eigenvalue weighted by molar-refractivity contribution is -0.137. The Hall–Kier alpha value is -3.75. The molecule has 4 heterocycles. The second kappa shape index (κ2) is 8.55. The van der Waals surface area contributed by atoms with Gasteiger partial charge in [-0.05, 0) is 44.0 Å². The number of likely N-dealkylation sites (tertiary alicyclic amines) is 1. The highest BCUT2D eigenvalue weighted by Crippen LogP contribution is 2.32. The van der Waals surface area contributed by atoms with Crippen LogP contribution in [0.1, 0.15) is 46.2 Å². The Bertz CT molecular complexity index is 1350. The van der Waals surface area contributed by atoms with Crippen LogP contribution in [-0.4, -0.2) is 43.5 Å². The average Bonchev–Trinajstić information content (AvgIpc) is 3.27. The molecule has 9 heteroatoms. The maximum absolute atomic E-state index is 13.3. The van der Waals surface area contributed by atoms with Gasteiger partial charge >= 0.3 is 6.18 Å². The molecule has 1 unspecified atom stereocenters. The number of halogens is 3. The standard InChI is InChI=1S/C25H22F3N5O/c1-16-20(10-11-21(29-16)17-6-3-2-4-7-17)24(34)32-13-5-8-18(14-32)23-31-30-22-12-9-19(15-33(22)23)25(26,27)28/h2-4,6-7,9-12,15,18H,5,8,13-14H2,1H3. The summed E-state index contributed by atoms with van der Waals surface area (Å²) >= 11 is 0. The summed E-state index contributed by atoms with van der Waals surface area (Å²) in [6, 6.07) is 15.7. The molecule has 6 nitrogen and oxygen atoms in total. The molecule has 1 fully saturated rings. The number of aryl methyl sites for hydroxylation is 1. The Kier molecular flexibility index (Phi) is 5.55. The molecule has 174 valence electrons. The smallest absolute Gasteiger partial charge is 0.338 e. The fraction of sp³-hybridized carbons (Fsp3) is 0.280. The van der Waals surface area contributed by atoms with Crippen LogP contribution in [0.25, 0.3) is 16.9 Å². The molecule has 0 saturated carbocycles. The normalized spacial score (nSPS) is 16.7. The third kappa shape index (κ3) is 4.13. The molecule has 34 heavy (non-hydrogen) atoms. The van der Waals surface area contributed by atoms with Crippen molar-refractivity contribution in [1.82, 2.24) is 24.5 Å². The quantitative estimate of drug-likeness (QED) is 0.420. The average molecular weight is 465 g/mol. The minimum Gasteiger partial charge on any atom is -0.338 e. The van der Waals surface area contributed by atoms with Crippen molar-refractivity contribution in [3.8, 4) is 11.3 Å². The van der Waals surface area contributed by atoms with Gasteiger partial charge in [0.1, 0.15) is 5.82 Å². The number of carbonyl (C=O) groups is 1. The first-order chi connectivity index (χ1) is 16.3. The first-order valence-electron chi connectivity index (χ1n) is 11.1. The van der Waals surface area contributed by atoms with Gasteiger partial charge in [0.2, 0.25) is 0 Å². The van der Waals surface area contributed by atoms with Crippen LogP contribution in [-0.2, 0) is 6.18 Å². The number of rotatable bonds is 3. The van der Waals surface area contributed by atoms with Crippen LogP contribution in [0.5, 0.6) is 0 Å². The van der Waals surface area contributed by atoms with E-state index in [2.05, 4.69) is 15.2 Å². The fourth-order valence-electron chi connectivity index (χ4n) is 4.45. The highest BCUT2D eigenvalue weighted by Gasteiger charge is 2.33. The van der Waals surface area contributed by atoms with Gasteiger partial charge in [-0.3, -0.25) is 14.2 Å². The predicted octanol–water partition coefficient (Wildman–Crippen LogP) is 5.14. The molecule has 3 aromatic heterocycles. The van der Waals surface area contributed by atoms with Crippen molar-refractivity contribution in [1.29, 1.82) is 0 Å². The number of fused-ring (bicyclic) bond motifs is 1. The van der Waals surface area contributed by atoms with E-state index in [0.717, 1.165) is 29.9 Å². The van der Waals surface area contributed by atoms with Gasteiger partial charge in [0, 0.05) is 30.8 Å². The molecule has 0 aliphatic carbocycles. The van der Waals surface area contributed by atoms with Gasteiger partial charge in [0.25, 0.3) is 5.91 Å². The Morgan fingerprint density at radius 2 is 1.82 bits per heavy atom. The van der Waals surface area contributed by atoms with Crippen molar-refractivity contribution in [2.45, 2.75) is 31.9 Å². The zero-order valence-corrected chi connectivity index (χ0v) is 18.5. The van der Waals surface area contributed by atoms with Crippen molar-refractivity contribution in [3.05, 3.63) is 83.4 Å². The number of benzene rings is 1. The van der Waals surface area contributed by atoms with Crippen molar-refractivity contribution in [2.24, 2.45) is 0 Å². The number of hydrogen-bond acceptors (Lipinski definition) is 4. The molecule has 0 N–H and O–H groups in total. The maximum Gasteiger partial charge on any atom is 0.417 e. The molecule has 0 bridgehead atoms. The lowest BCUT2D eigenvalue weighted by Crippen LogP contribution is -2.40. The molecule has 1 aromatic carbocycles. The number of alkyl halides is 3. The van der Waals surface area contributed by atoms with Crippen LogP contribution < -0.4 is 0 Å². The summed E-state index contributed by atoms with van der Waals surface area (Å²) in [5.41, 5.74) is 2.51. The molecule has 1 aliphatic rings. The Morgan fingerprint density at radius 1 is 1.03 bits per heavy atom. The lowest BCUT2D eigenvalue weighted by Gasteiger charge is -2.32. The number of nitrogens with zero attached hydrogens (tertiary/aromatic N) is 5. The summed E-state index contributed by atoms with van der Waals surface area (Å²) < 4.78 is 41.0. The Morgan fingerprint density at radius 3 is 2.56 bits per heavy atom. The van der Waals surface area contributed by atoms with Crippen molar-refractivity contribution in [3.63, 3.8) is 0 Å². The Balaban J connectivity index is 1.39. The Labute approximate surface area is 194 Å². The number of hydrogen-bond donors (Lipinski definition) is 0. The molecule has 0 radical (unpaired) electrons. The SMILES string of the molecule is Cc1nc(-c2ccccc2)ccc1C(=O)N1CCCC(c2nnc3ccc(C(F)(F)F)cn23)C1. The molecule has 0 spiro atoms. The molecule has 1 aliphatic heterocycles. The zero-order valence-electron chi connectivity index (χ0n) is 18.5. The van der Waals surface area contributed by atoms with Crippen LogP contribution in [0.3, 0.4) is 0 Å². The summed E-state index contributed by atoms with van der Waals surface area (Å²) in [6.45, 7) is 2.74.